The van der Waals surface area contributed by atoms with Gasteiger partial charge in [-0.2, -0.15) is 0 Å². The molecule has 3 aliphatic rings. The molecule has 1 atom stereocenters. The molecule has 1 saturated carbocycles. The van der Waals surface area contributed by atoms with Gasteiger partial charge in [0.2, 0.25) is 11.8 Å². The Hall–Kier alpha value is -2.41. The zero-order valence-electron chi connectivity index (χ0n) is 20.8. The van der Waals surface area contributed by atoms with Crippen molar-refractivity contribution in [2.24, 2.45) is 0 Å². The first-order valence-electron chi connectivity index (χ1n) is 13.2. The lowest BCUT2D eigenvalue weighted by molar-refractivity contribution is -0.136. The summed E-state index contributed by atoms with van der Waals surface area (Å²) in [5.41, 5.74) is 2.73. The molecule has 186 valence electrons. The van der Waals surface area contributed by atoms with Gasteiger partial charge in [0.25, 0.3) is 5.91 Å². The van der Waals surface area contributed by atoms with E-state index in [4.69, 9.17) is 0 Å². The summed E-state index contributed by atoms with van der Waals surface area (Å²) in [4.78, 5) is 38.9. The normalized spacial score (nSPS) is 27.0. The van der Waals surface area contributed by atoms with Crippen LogP contribution in [0.25, 0.3) is 0 Å². The van der Waals surface area contributed by atoms with Gasteiger partial charge in [-0.05, 0) is 63.6 Å². The summed E-state index contributed by atoms with van der Waals surface area (Å²) in [6.07, 6.45) is 11.1. The van der Waals surface area contributed by atoms with Crippen molar-refractivity contribution in [2.45, 2.75) is 109 Å². The molecule has 1 saturated heterocycles. The van der Waals surface area contributed by atoms with E-state index in [1.54, 1.807) is 4.90 Å². The van der Waals surface area contributed by atoms with Crippen molar-refractivity contribution in [3.8, 4) is 0 Å². The van der Waals surface area contributed by atoms with Crippen LogP contribution >= 0.6 is 0 Å². The molecule has 1 aromatic rings. The number of unbranched alkanes of at least 4 members (excludes halogenated alkanes) is 2. The van der Waals surface area contributed by atoms with Gasteiger partial charge in [0, 0.05) is 41.4 Å². The Balaban J connectivity index is 1.52. The van der Waals surface area contributed by atoms with Crippen molar-refractivity contribution in [1.82, 2.24) is 15.5 Å². The number of hydrogen-bond donors (Lipinski definition) is 3. The average molecular weight is 469 g/mol. The summed E-state index contributed by atoms with van der Waals surface area (Å²) >= 11 is 0. The van der Waals surface area contributed by atoms with Gasteiger partial charge in [0.05, 0.1) is 0 Å². The zero-order valence-corrected chi connectivity index (χ0v) is 20.8. The van der Waals surface area contributed by atoms with E-state index in [2.05, 4.69) is 35.9 Å². The van der Waals surface area contributed by atoms with Gasteiger partial charge in [-0.1, -0.05) is 39.2 Å². The van der Waals surface area contributed by atoms with E-state index in [1.165, 1.54) is 19.3 Å². The lowest BCUT2D eigenvalue weighted by Gasteiger charge is -2.42. The van der Waals surface area contributed by atoms with E-state index in [1.807, 2.05) is 12.1 Å². The van der Waals surface area contributed by atoms with E-state index >= 15 is 0 Å². The van der Waals surface area contributed by atoms with Crippen LogP contribution in [0.3, 0.4) is 0 Å². The molecule has 7 nitrogen and oxygen atoms in total. The molecule has 3 amide bonds. The number of carbonyl (C=O) groups is 3. The highest BCUT2D eigenvalue weighted by Crippen LogP contribution is 2.39. The van der Waals surface area contributed by atoms with E-state index in [0.29, 0.717) is 24.6 Å². The Morgan fingerprint density at radius 2 is 1.85 bits per heavy atom. The van der Waals surface area contributed by atoms with Crippen molar-refractivity contribution in [3.05, 3.63) is 29.3 Å². The molecule has 0 radical (unpaired) electrons. The fraction of sp³-hybridized carbons (Fsp3) is 0.667. The molecule has 0 aromatic heterocycles. The third-order valence-electron chi connectivity index (χ3n) is 7.87. The molecule has 1 aromatic carbocycles. The molecule has 4 rings (SSSR count). The predicted octanol–water partition coefficient (Wildman–Crippen LogP) is 4.12. The number of anilines is 1. The number of carbonyl (C=O) groups excluding carboxylic acids is 3. The number of nitrogens with zero attached hydrogens (tertiary/aromatic N) is 1. The van der Waals surface area contributed by atoms with Crippen LogP contribution in [0.15, 0.2) is 18.2 Å². The van der Waals surface area contributed by atoms with Crippen molar-refractivity contribution in [1.29, 1.82) is 0 Å². The molecule has 34 heavy (non-hydrogen) atoms. The summed E-state index contributed by atoms with van der Waals surface area (Å²) in [6.45, 7) is 5.94. The highest BCUT2D eigenvalue weighted by molar-refractivity contribution is 6.06. The molecule has 7 heteroatoms. The van der Waals surface area contributed by atoms with Gasteiger partial charge >= 0.3 is 0 Å². The quantitative estimate of drug-likeness (QED) is 0.355. The van der Waals surface area contributed by atoms with Crippen LogP contribution in [-0.4, -0.2) is 46.8 Å². The molecule has 1 aliphatic carbocycles. The minimum absolute atomic E-state index is 0.0415. The maximum Gasteiger partial charge on any atom is 0.255 e. The third kappa shape index (κ3) is 5.29. The second-order valence-corrected chi connectivity index (χ2v) is 10.3. The largest absolute Gasteiger partial charge is 0.379 e. The van der Waals surface area contributed by atoms with Crippen LogP contribution < -0.4 is 16.0 Å². The van der Waals surface area contributed by atoms with Crippen LogP contribution in [0.2, 0.25) is 0 Å². The number of nitrogens with one attached hydrogen (secondary N) is 3. The van der Waals surface area contributed by atoms with Crippen molar-refractivity contribution < 1.29 is 14.4 Å². The van der Waals surface area contributed by atoms with Gasteiger partial charge in [0.1, 0.15) is 6.04 Å². The van der Waals surface area contributed by atoms with Crippen molar-refractivity contribution in [2.75, 3.05) is 11.9 Å². The van der Waals surface area contributed by atoms with Crippen molar-refractivity contribution >= 4 is 23.4 Å². The van der Waals surface area contributed by atoms with Crippen LogP contribution in [0.4, 0.5) is 5.69 Å². The summed E-state index contributed by atoms with van der Waals surface area (Å²) < 4.78 is 0. The topological polar surface area (TPSA) is 90.5 Å². The molecule has 0 spiro atoms. The first-order chi connectivity index (χ1) is 16.5. The van der Waals surface area contributed by atoms with Crippen LogP contribution in [0.5, 0.6) is 0 Å². The lowest BCUT2D eigenvalue weighted by Crippen LogP contribution is -2.52. The van der Waals surface area contributed by atoms with Gasteiger partial charge in [-0.3, -0.25) is 19.7 Å². The Morgan fingerprint density at radius 1 is 1.06 bits per heavy atom. The lowest BCUT2D eigenvalue weighted by atomic mass is 9.75. The fourth-order valence-electron chi connectivity index (χ4n) is 5.86. The SMILES string of the molecule is CCCCCC1(Nc2cccc3c2CN(C2CCC(=O)NC2=O)C3=O)CCC(NCCC)CC1. The molecule has 2 heterocycles. The Morgan fingerprint density at radius 3 is 2.56 bits per heavy atom. The molecule has 3 N–H and O–H groups in total. The first-order valence-corrected chi connectivity index (χ1v) is 13.2. The third-order valence-corrected chi connectivity index (χ3v) is 7.87. The van der Waals surface area contributed by atoms with Gasteiger partial charge < -0.3 is 15.5 Å². The molecule has 2 aliphatic heterocycles. The maximum absolute atomic E-state index is 13.2. The smallest absolute Gasteiger partial charge is 0.255 e. The van der Waals surface area contributed by atoms with Gasteiger partial charge in [0.15, 0.2) is 0 Å². The minimum Gasteiger partial charge on any atom is -0.379 e. The van der Waals surface area contributed by atoms with Gasteiger partial charge in [-0.25, -0.2) is 0 Å². The second-order valence-electron chi connectivity index (χ2n) is 10.3. The molecule has 1 unspecified atom stereocenters. The van der Waals surface area contributed by atoms with E-state index < -0.39 is 6.04 Å². The number of hydrogen-bond acceptors (Lipinski definition) is 5. The van der Waals surface area contributed by atoms with Crippen LogP contribution in [-0.2, 0) is 16.1 Å². The van der Waals surface area contributed by atoms with Crippen molar-refractivity contribution in [3.63, 3.8) is 0 Å². The summed E-state index contributed by atoms with van der Waals surface area (Å²) in [5, 5.41) is 10.0. The van der Waals surface area contributed by atoms with Gasteiger partial charge in [-0.15, -0.1) is 0 Å². The Labute approximate surface area is 203 Å². The number of piperidine rings is 1. The maximum atomic E-state index is 13.2. The number of fused-ring (bicyclic) bond motifs is 1. The van der Waals surface area contributed by atoms with Crippen LogP contribution in [0.1, 0.15) is 100 Å². The molecule has 2 fully saturated rings. The summed E-state index contributed by atoms with van der Waals surface area (Å²) in [6, 6.07) is 5.91. The number of benzene rings is 1. The summed E-state index contributed by atoms with van der Waals surface area (Å²) in [5.74, 6) is -0.729. The van der Waals surface area contributed by atoms with E-state index in [-0.39, 0.29) is 29.7 Å². The Kier molecular flexibility index (Phi) is 7.91. The second kappa shape index (κ2) is 10.9. The minimum atomic E-state index is -0.580. The number of imide groups is 1. The fourth-order valence-corrected chi connectivity index (χ4v) is 5.86. The highest BCUT2D eigenvalue weighted by atomic mass is 16.2. The highest BCUT2D eigenvalue weighted by Gasteiger charge is 2.41. The first kappa shape index (κ1) is 24.7. The monoisotopic (exact) mass is 468 g/mol. The van der Waals surface area contributed by atoms with Crippen LogP contribution in [0, 0.1) is 0 Å². The number of amides is 3. The van der Waals surface area contributed by atoms with E-state index in [0.717, 1.165) is 56.3 Å². The summed E-state index contributed by atoms with van der Waals surface area (Å²) in [7, 11) is 0. The molecular formula is C27H40N4O3. The number of rotatable bonds is 10. The molecule has 0 bridgehead atoms. The molecular weight excluding hydrogens is 428 g/mol. The standard InChI is InChI=1S/C27H40N4O3/c1-3-5-6-14-27(15-12-19(13-16-27)28-17-4-2)30-22-9-7-8-20-21(22)18-31(26(20)34)23-10-11-24(32)29-25(23)33/h7-9,19,23,28,30H,3-6,10-18H2,1-2H3,(H,29,32,33). The predicted molar refractivity (Wildman–Crippen MR) is 134 cm³/mol. The zero-order chi connectivity index (χ0) is 24.1. The Bertz CT molecular complexity index is 907. The van der Waals surface area contributed by atoms with E-state index in [9.17, 15) is 14.4 Å². The average Bonchev–Trinajstić information content (AvgIpc) is 3.16.